The van der Waals surface area contributed by atoms with Gasteiger partial charge in [-0.3, -0.25) is 0 Å². The molecular weight excluding hydrogens is 470 g/mol. The van der Waals surface area contributed by atoms with Gasteiger partial charge in [-0.25, -0.2) is 4.79 Å². The van der Waals surface area contributed by atoms with Gasteiger partial charge in [0.2, 0.25) is 0 Å². The zero-order valence-corrected chi connectivity index (χ0v) is 23.0. The van der Waals surface area contributed by atoms with Crippen LogP contribution in [0.1, 0.15) is 81.9 Å². The SMILES string of the molecule is CCCC1(CCC)CC(O)=C([C@@H](CC)c2cccc(N(Cc3ccccc3)Cc3ccccc3)c2)C(=O)O1. The number of nitrogens with zero attached hydrogens (tertiary/aromatic N) is 1. The van der Waals surface area contributed by atoms with Crippen molar-refractivity contribution in [3.8, 4) is 0 Å². The molecule has 0 saturated carbocycles. The molecule has 38 heavy (non-hydrogen) atoms. The average Bonchev–Trinajstić information content (AvgIpc) is 2.92. The van der Waals surface area contributed by atoms with Gasteiger partial charge < -0.3 is 14.7 Å². The second-order valence-electron chi connectivity index (χ2n) is 10.5. The molecule has 0 saturated heterocycles. The molecule has 1 aliphatic rings. The first-order valence-corrected chi connectivity index (χ1v) is 14.1. The molecule has 0 fully saturated rings. The van der Waals surface area contributed by atoms with Crippen LogP contribution < -0.4 is 4.90 Å². The van der Waals surface area contributed by atoms with Gasteiger partial charge in [0.05, 0.1) is 5.57 Å². The van der Waals surface area contributed by atoms with Crippen molar-refractivity contribution < 1.29 is 14.6 Å². The molecule has 0 bridgehead atoms. The van der Waals surface area contributed by atoms with Crippen molar-refractivity contribution in [1.29, 1.82) is 0 Å². The Morgan fingerprint density at radius 3 is 1.92 bits per heavy atom. The number of hydrogen-bond acceptors (Lipinski definition) is 4. The molecule has 0 amide bonds. The van der Waals surface area contributed by atoms with E-state index in [0.29, 0.717) is 18.4 Å². The van der Waals surface area contributed by atoms with E-state index in [9.17, 15) is 9.90 Å². The lowest BCUT2D eigenvalue weighted by atomic mass is 9.80. The number of anilines is 1. The summed E-state index contributed by atoms with van der Waals surface area (Å²) < 4.78 is 6.11. The highest BCUT2D eigenvalue weighted by Gasteiger charge is 2.42. The molecule has 3 aromatic rings. The highest BCUT2D eigenvalue weighted by atomic mass is 16.6. The van der Waals surface area contributed by atoms with E-state index in [-0.39, 0.29) is 17.6 Å². The maximum absolute atomic E-state index is 13.4. The number of ether oxygens (including phenoxy) is 1. The van der Waals surface area contributed by atoms with Gasteiger partial charge >= 0.3 is 5.97 Å². The molecule has 200 valence electrons. The summed E-state index contributed by atoms with van der Waals surface area (Å²) in [5.41, 5.74) is 4.42. The number of esters is 1. The van der Waals surface area contributed by atoms with E-state index in [1.807, 2.05) is 12.1 Å². The molecule has 1 N–H and O–H groups in total. The lowest BCUT2D eigenvalue weighted by Gasteiger charge is -2.38. The summed E-state index contributed by atoms with van der Waals surface area (Å²) in [5, 5.41) is 11.2. The normalized spacial score (nSPS) is 15.7. The molecular formula is C34H41NO3. The Hall–Kier alpha value is -3.53. The minimum atomic E-state index is -0.587. The van der Waals surface area contributed by atoms with Crippen LogP contribution in [0.3, 0.4) is 0 Å². The van der Waals surface area contributed by atoms with Gasteiger partial charge in [0, 0.05) is 31.1 Å². The van der Waals surface area contributed by atoms with E-state index in [1.165, 1.54) is 11.1 Å². The van der Waals surface area contributed by atoms with Crippen molar-refractivity contribution >= 4 is 11.7 Å². The molecule has 4 rings (SSSR count). The van der Waals surface area contributed by atoms with E-state index in [0.717, 1.165) is 50.0 Å². The highest BCUT2D eigenvalue weighted by Crippen LogP contribution is 2.42. The number of aliphatic hydroxyl groups excluding tert-OH is 1. The minimum Gasteiger partial charge on any atom is -0.512 e. The second-order valence-corrected chi connectivity index (χ2v) is 10.5. The van der Waals surface area contributed by atoms with Crippen molar-refractivity contribution in [2.24, 2.45) is 0 Å². The minimum absolute atomic E-state index is 0.200. The van der Waals surface area contributed by atoms with Crippen LogP contribution in [0, 0.1) is 0 Å². The van der Waals surface area contributed by atoms with Crippen molar-refractivity contribution in [1.82, 2.24) is 0 Å². The number of aliphatic hydroxyl groups is 1. The average molecular weight is 512 g/mol. The van der Waals surface area contributed by atoms with E-state index >= 15 is 0 Å². The fourth-order valence-corrected chi connectivity index (χ4v) is 5.86. The van der Waals surface area contributed by atoms with Gasteiger partial charge in [-0.2, -0.15) is 0 Å². The summed E-state index contributed by atoms with van der Waals surface area (Å²) in [6, 6.07) is 29.4. The van der Waals surface area contributed by atoms with Crippen LogP contribution in [0.15, 0.2) is 96.3 Å². The Balaban J connectivity index is 1.67. The van der Waals surface area contributed by atoms with E-state index < -0.39 is 5.60 Å². The number of benzene rings is 3. The fourth-order valence-electron chi connectivity index (χ4n) is 5.86. The first-order valence-electron chi connectivity index (χ1n) is 14.1. The van der Waals surface area contributed by atoms with E-state index in [1.54, 1.807) is 0 Å². The first kappa shape index (κ1) is 27.5. The number of cyclic esters (lactones) is 1. The molecule has 0 radical (unpaired) electrons. The topological polar surface area (TPSA) is 49.8 Å². The summed E-state index contributed by atoms with van der Waals surface area (Å²) in [6.07, 6.45) is 4.46. The molecule has 4 nitrogen and oxygen atoms in total. The molecule has 0 aliphatic carbocycles. The lowest BCUT2D eigenvalue weighted by molar-refractivity contribution is -0.161. The zero-order chi connectivity index (χ0) is 27.0. The zero-order valence-electron chi connectivity index (χ0n) is 23.0. The fraction of sp³-hybridized carbons (Fsp3) is 0.382. The lowest BCUT2D eigenvalue weighted by Crippen LogP contribution is -2.41. The van der Waals surface area contributed by atoms with Crippen LogP contribution in [0.25, 0.3) is 0 Å². The third-order valence-corrected chi connectivity index (χ3v) is 7.57. The van der Waals surface area contributed by atoms with Crippen molar-refractivity contribution in [2.75, 3.05) is 4.90 Å². The van der Waals surface area contributed by atoms with Crippen LogP contribution in [0.4, 0.5) is 5.69 Å². The van der Waals surface area contributed by atoms with Gasteiger partial charge in [-0.1, -0.05) is 106 Å². The predicted molar refractivity (Wildman–Crippen MR) is 155 cm³/mol. The molecule has 0 spiro atoms. The van der Waals surface area contributed by atoms with Crippen LogP contribution >= 0.6 is 0 Å². The quantitative estimate of drug-likeness (QED) is 0.248. The summed E-state index contributed by atoms with van der Waals surface area (Å²) in [5.74, 6) is -0.386. The van der Waals surface area contributed by atoms with Crippen LogP contribution in [-0.2, 0) is 22.6 Å². The van der Waals surface area contributed by atoms with Gasteiger partial charge in [0.1, 0.15) is 11.4 Å². The van der Waals surface area contributed by atoms with Crippen molar-refractivity contribution in [3.63, 3.8) is 0 Å². The number of rotatable bonds is 12. The summed E-state index contributed by atoms with van der Waals surface area (Å²) >= 11 is 0. The summed E-state index contributed by atoms with van der Waals surface area (Å²) in [7, 11) is 0. The number of carbonyl (C=O) groups excluding carboxylic acids is 1. The first-order chi connectivity index (χ1) is 18.5. The maximum Gasteiger partial charge on any atom is 0.338 e. The summed E-state index contributed by atoms with van der Waals surface area (Å²) in [4.78, 5) is 15.8. The third-order valence-electron chi connectivity index (χ3n) is 7.57. The molecule has 3 aromatic carbocycles. The van der Waals surface area contributed by atoms with Gasteiger partial charge in [0.15, 0.2) is 0 Å². The van der Waals surface area contributed by atoms with Crippen molar-refractivity contribution in [3.05, 3.63) is 113 Å². The molecule has 1 heterocycles. The van der Waals surface area contributed by atoms with Crippen LogP contribution in [-0.4, -0.2) is 16.7 Å². The summed E-state index contributed by atoms with van der Waals surface area (Å²) in [6.45, 7) is 7.79. The standard InChI is InChI=1S/C34H41NO3/c1-4-20-34(21-5-2)23-31(36)32(33(37)38-34)30(6-3)28-18-13-19-29(22-28)35(24-26-14-9-7-10-15-26)25-27-16-11-8-12-17-27/h7-19,22,30,36H,4-6,20-21,23-25H2,1-3H3/t30-/m0/s1. The van der Waals surface area contributed by atoms with E-state index in [2.05, 4.69) is 98.5 Å². The Kier molecular flexibility index (Phi) is 9.28. The monoisotopic (exact) mass is 511 g/mol. The number of hydrogen-bond donors (Lipinski definition) is 1. The molecule has 1 atom stereocenters. The van der Waals surface area contributed by atoms with Gasteiger partial charge in [-0.15, -0.1) is 0 Å². The third kappa shape index (κ3) is 6.48. The number of carbonyl (C=O) groups is 1. The second kappa shape index (κ2) is 12.8. The molecule has 0 aromatic heterocycles. The molecule has 1 aliphatic heterocycles. The van der Waals surface area contributed by atoms with Crippen LogP contribution in [0.2, 0.25) is 0 Å². The Labute approximate surface area is 228 Å². The Morgan fingerprint density at radius 1 is 0.842 bits per heavy atom. The molecule has 4 heteroatoms. The van der Waals surface area contributed by atoms with Crippen molar-refractivity contribution in [2.45, 2.75) is 83.9 Å². The highest BCUT2D eigenvalue weighted by molar-refractivity contribution is 5.92. The van der Waals surface area contributed by atoms with Gasteiger partial charge in [0.25, 0.3) is 0 Å². The maximum atomic E-state index is 13.4. The van der Waals surface area contributed by atoms with E-state index in [4.69, 9.17) is 4.74 Å². The van der Waals surface area contributed by atoms with Gasteiger partial charge in [-0.05, 0) is 48.1 Å². The van der Waals surface area contributed by atoms with Crippen LogP contribution in [0.5, 0.6) is 0 Å². The predicted octanol–water partition coefficient (Wildman–Crippen LogP) is 8.49. The smallest absolute Gasteiger partial charge is 0.338 e. The molecule has 0 unspecified atom stereocenters. The largest absolute Gasteiger partial charge is 0.512 e. The Morgan fingerprint density at radius 2 is 1.42 bits per heavy atom. The Bertz CT molecular complexity index is 1170.